The number of carbonyl (C=O) groups is 1. The van der Waals surface area contributed by atoms with Gasteiger partial charge in [-0.25, -0.2) is 0 Å². The lowest BCUT2D eigenvalue weighted by molar-refractivity contribution is -0.122. The lowest BCUT2D eigenvalue weighted by Gasteiger charge is -2.31. The smallest absolute Gasteiger partial charge is 0.268 e. The molecule has 6 nitrogen and oxygen atoms in total. The number of fused-ring (bicyclic) bond motifs is 1. The molecular weight excluding hydrogens is 392 g/mol. The Kier molecular flexibility index (Phi) is 5.52. The fourth-order valence-electron chi connectivity index (χ4n) is 2.93. The minimum atomic E-state index is -4.03. The average molecular weight is 411 g/mol. The van der Waals surface area contributed by atoms with Gasteiger partial charge in [-0.2, -0.15) is 8.42 Å². The number of hydrogen-bond acceptors (Lipinski definition) is 6. The van der Waals surface area contributed by atoms with Crippen molar-refractivity contribution in [2.45, 2.75) is 13.3 Å². The van der Waals surface area contributed by atoms with E-state index in [1.54, 1.807) is 4.90 Å². The molecule has 1 fully saturated rings. The first-order valence-corrected chi connectivity index (χ1v) is 10.9. The zero-order valence-corrected chi connectivity index (χ0v) is 16.5. The molecule has 9 heteroatoms. The lowest BCUT2D eigenvalue weighted by Crippen LogP contribution is -2.31. The van der Waals surface area contributed by atoms with Crippen molar-refractivity contribution in [2.75, 3.05) is 23.7 Å². The molecule has 1 amide bonds. The Morgan fingerprint density at radius 3 is 2.58 bits per heavy atom. The van der Waals surface area contributed by atoms with Gasteiger partial charge < -0.3 is 4.90 Å². The average Bonchev–Trinajstić information content (AvgIpc) is 2.87. The second kappa shape index (κ2) is 7.51. The predicted octanol–water partition coefficient (Wildman–Crippen LogP) is 2.89. The summed E-state index contributed by atoms with van der Waals surface area (Å²) in [5.74, 6) is -0.472. The first kappa shape index (κ1) is 19.1. The second-order valence-electron chi connectivity index (χ2n) is 5.82. The third-order valence-electron chi connectivity index (χ3n) is 4.12. The minimum Gasteiger partial charge on any atom is -0.340 e. The van der Waals surface area contributed by atoms with Crippen LogP contribution in [-0.4, -0.2) is 46.9 Å². The molecule has 0 saturated carbocycles. The molecule has 0 unspecified atom stereocenters. The number of carbonyl (C=O) groups excluding carboxylic acids is 1. The number of para-hydroxylation sites is 1. The minimum absolute atomic E-state index is 0.138. The molecule has 1 aromatic carbocycles. The summed E-state index contributed by atoms with van der Waals surface area (Å²) in [6, 6.07) is 7.69. The van der Waals surface area contributed by atoms with Crippen LogP contribution in [-0.2, 0) is 14.9 Å². The van der Waals surface area contributed by atoms with Crippen LogP contribution in [0.15, 0.2) is 40.9 Å². The monoisotopic (exact) mass is 410 g/mol. The fraction of sp³-hybridized carbons (Fsp3) is 0.294. The summed E-state index contributed by atoms with van der Waals surface area (Å²) in [5.41, 5.74) is 2.57. The Balaban J connectivity index is 1.99. The molecule has 138 valence electrons. The van der Waals surface area contributed by atoms with Crippen molar-refractivity contribution in [3.8, 4) is 0 Å². The number of rotatable bonds is 5. The SMILES string of the molecule is CCN1C(=O)C(=C2C=Cc3ccccc3N2CCCS(=O)(=O)O)SC1=S. The number of hydrogen-bond donors (Lipinski definition) is 1. The number of likely N-dealkylation sites (N-methyl/N-ethyl adjacent to an activating group) is 1. The van der Waals surface area contributed by atoms with Gasteiger partial charge in [-0.05, 0) is 31.1 Å². The molecule has 1 aromatic rings. The van der Waals surface area contributed by atoms with Crippen molar-refractivity contribution in [3.63, 3.8) is 0 Å². The van der Waals surface area contributed by atoms with E-state index in [0.717, 1.165) is 11.3 Å². The Morgan fingerprint density at radius 2 is 1.92 bits per heavy atom. The molecular formula is C17H18N2O4S3. The van der Waals surface area contributed by atoms with E-state index < -0.39 is 10.1 Å². The highest BCUT2D eigenvalue weighted by Crippen LogP contribution is 2.39. The predicted molar refractivity (Wildman–Crippen MR) is 108 cm³/mol. The summed E-state index contributed by atoms with van der Waals surface area (Å²) in [7, 11) is -4.03. The summed E-state index contributed by atoms with van der Waals surface area (Å²) in [4.78, 5) is 16.7. The zero-order chi connectivity index (χ0) is 18.9. The molecule has 1 saturated heterocycles. The van der Waals surface area contributed by atoms with Crippen LogP contribution in [0.4, 0.5) is 5.69 Å². The van der Waals surface area contributed by atoms with Gasteiger partial charge in [-0.1, -0.05) is 48.3 Å². The maximum atomic E-state index is 12.7. The van der Waals surface area contributed by atoms with Gasteiger partial charge in [0.05, 0.1) is 11.4 Å². The van der Waals surface area contributed by atoms with Gasteiger partial charge in [0, 0.05) is 18.8 Å². The third kappa shape index (κ3) is 3.85. The van der Waals surface area contributed by atoms with Crippen LogP contribution in [0, 0.1) is 0 Å². The summed E-state index contributed by atoms with van der Waals surface area (Å²) >= 11 is 6.55. The lowest BCUT2D eigenvalue weighted by atomic mass is 10.0. The molecule has 0 aromatic heterocycles. The van der Waals surface area contributed by atoms with E-state index in [1.807, 2.05) is 48.2 Å². The van der Waals surface area contributed by atoms with Gasteiger partial charge in [0.25, 0.3) is 16.0 Å². The molecule has 3 rings (SSSR count). The van der Waals surface area contributed by atoms with Crippen LogP contribution >= 0.6 is 24.0 Å². The first-order chi connectivity index (χ1) is 12.3. The van der Waals surface area contributed by atoms with Gasteiger partial charge in [0.1, 0.15) is 9.23 Å². The number of thioether (sulfide) groups is 1. The normalized spacial score (nSPS) is 20.1. The first-order valence-electron chi connectivity index (χ1n) is 8.09. The van der Waals surface area contributed by atoms with Gasteiger partial charge in [0.2, 0.25) is 0 Å². The highest BCUT2D eigenvalue weighted by Gasteiger charge is 2.35. The molecule has 2 aliphatic rings. The number of amides is 1. The van der Waals surface area contributed by atoms with Crippen molar-refractivity contribution in [2.24, 2.45) is 0 Å². The number of nitrogens with zero attached hydrogens (tertiary/aromatic N) is 2. The topological polar surface area (TPSA) is 77.9 Å². The number of benzene rings is 1. The van der Waals surface area contributed by atoms with Crippen molar-refractivity contribution in [1.29, 1.82) is 0 Å². The molecule has 2 heterocycles. The van der Waals surface area contributed by atoms with Gasteiger partial charge >= 0.3 is 0 Å². The van der Waals surface area contributed by atoms with Crippen molar-refractivity contribution < 1.29 is 17.8 Å². The van der Waals surface area contributed by atoms with E-state index in [9.17, 15) is 13.2 Å². The second-order valence-corrected chi connectivity index (χ2v) is 9.03. The van der Waals surface area contributed by atoms with Gasteiger partial charge in [-0.3, -0.25) is 14.2 Å². The summed E-state index contributed by atoms with van der Waals surface area (Å²) in [6.07, 6.45) is 4.03. The standard InChI is InChI=1S/C17H18N2O4S3/c1-2-18-16(20)15(25-17(18)24)14-9-8-12-6-3-4-7-13(12)19(14)10-5-11-26(21,22)23/h3-4,6-9H,2,5,10-11H2,1H3,(H,21,22,23). The third-order valence-corrected chi connectivity index (χ3v) is 6.38. The molecule has 0 atom stereocenters. The van der Waals surface area contributed by atoms with Gasteiger partial charge in [0.15, 0.2) is 0 Å². The number of anilines is 1. The molecule has 26 heavy (non-hydrogen) atoms. The van der Waals surface area contributed by atoms with E-state index in [1.165, 1.54) is 11.8 Å². The highest BCUT2D eigenvalue weighted by atomic mass is 32.2. The fourth-order valence-corrected chi connectivity index (χ4v) is 4.87. The van der Waals surface area contributed by atoms with Gasteiger partial charge in [-0.15, -0.1) is 0 Å². The van der Waals surface area contributed by atoms with Crippen LogP contribution in [0.5, 0.6) is 0 Å². The molecule has 0 spiro atoms. The van der Waals surface area contributed by atoms with Crippen molar-refractivity contribution in [1.82, 2.24) is 4.90 Å². The van der Waals surface area contributed by atoms with E-state index in [4.69, 9.17) is 16.8 Å². The van der Waals surface area contributed by atoms with Crippen LogP contribution in [0.3, 0.4) is 0 Å². The Hall–Kier alpha value is -1.68. The largest absolute Gasteiger partial charge is 0.340 e. The maximum Gasteiger partial charge on any atom is 0.268 e. The molecule has 2 aliphatic heterocycles. The van der Waals surface area contributed by atoms with E-state index in [2.05, 4.69) is 0 Å². The van der Waals surface area contributed by atoms with Crippen molar-refractivity contribution in [3.05, 3.63) is 46.5 Å². The summed E-state index contributed by atoms with van der Waals surface area (Å²) in [6.45, 7) is 2.73. The zero-order valence-electron chi connectivity index (χ0n) is 14.1. The van der Waals surface area contributed by atoms with Crippen molar-refractivity contribution >= 4 is 56.1 Å². The van der Waals surface area contributed by atoms with Crippen LogP contribution < -0.4 is 4.90 Å². The summed E-state index contributed by atoms with van der Waals surface area (Å²) in [5, 5.41) is 0. The quantitative estimate of drug-likeness (QED) is 0.454. The molecule has 0 radical (unpaired) electrons. The highest BCUT2D eigenvalue weighted by molar-refractivity contribution is 8.26. The van der Waals surface area contributed by atoms with Crippen LogP contribution in [0.25, 0.3) is 6.08 Å². The number of allylic oxidation sites excluding steroid dienone is 1. The molecule has 0 bridgehead atoms. The van der Waals surface area contributed by atoms with Crippen LogP contribution in [0.1, 0.15) is 18.9 Å². The molecule has 1 N–H and O–H groups in total. The van der Waals surface area contributed by atoms with Crippen LogP contribution in [0.2, 0.25) is 0 Å². The summed E-state index contributed by atoms with van der Waals surface area (Å²) < 4.78 is 31.7. The Bertz CT molecular complexity index is 922. The Labute approximate surface area is 162 Å². The van der Waals surface area contributed by atoms with E-state index in [0.29, 0.717) is 28.0 Å². The molecule has 0 aliphatic carbocycles. The van der Waals surface area contributed by atoms with E-state index in [-0.39, 0.29) is 18.1 Å². The maximum absolute atomic E-state index is 12.7. The Morgan fingerprint density at radius 1 is 1.19 bits per heavy atom. The number of thiocarbonyl (C=S) groups is 1. The van der Waals surface area contributed by atoms with E-state index >= 15 is 0 Å².